The molecule has 0 saturated carbocycles. The average Bonchev–Trinajstić information content (AvgIpc) is 2.38. The average molecular weight is 314 g/mol. The molecule has 0 unspecified atom stereocenters. The summed E-state index contributed by atoms with van der Waals surface area (Å²) in [5, 5.41) is 12.2. The first-order chi connectivity index (χ1) is 9.68. The largest absolute Gasteiger partial charge is 0.395 e. The number of nitrogens with one attached hydrogen (secondary N) is 1. The highest BCUT2D eigenvalue weighted by Gasteiger charge is 2.23. The van der Waals surface area contributed by atoms with Gasteiger partial charge in [0.2, 0.25) is 10.0 Å². The highest BCUT2D eigenvalue weighted by Crippen LogP contribution is 2.19. The number of benzene rings is 1. The normalized spacial score (nSPS) is 12.9. The number of hydrogen-bond donors (Lipinski definition) is 2. The Labute approximate surface area is 128 Å². The maximum Gasteiger partial charge on any atom is 0.243 e. The molecule has 0 saturated heterocycles. The summed E-state index contributed by atoms with van der Waals surface area (Å²) in [6.45, 7) is 7.56. The van der Waals surface area contributed by atoms with Crippen molar-refractivity contribution in [3.63, 3.8) is 0 Å². The van der Waals surface area contributed by atoms with Crippen LogP contribution in [-0.4, -0.2) is 44.6 Å². The maximum absolute atomic E-state index is 12.5. The van der Waals surface area contributed by atoms with Crippen LogP contribution in [0.1, 0.15) is 26.3 Å². The summed E-state index contributed by atoms with van der Waals surface area (Å²) in [5.41, 5.74) is 0.883. The number of nitrogens with zero attached hydrogens (tertiary/aromatic N) is 1. The predicted octanol–water partition coefficient (Wildman–Crippen LogP) is 1.44. The Morgan fingerprint density at radius 3 is 2.43 bits per heavy atom. The minimum Gasteiger partial charge on any atom is -0.395 e. The van der Waals surface area contributed by atoms with Crippen LogP contribution >= 0.6 is 0 Å². The lowest BCUT2D eigenvalue weighted by Gasteiger charge is -2.21. The Hall–Kier alpha value is -0.950. The van der Waals surface area contributed by atoms with Crippen LogP contribution in [-0.2, 0) is 16.6 Å². The minimum absolute atomic E-state index is 0.0894. The molecule has 0 fully saturated rings. The number of rotatable bonds is 7. The summed E-state index contributed by atoms with van der Waals surface area (Å²) >= 11 is 0. The molecule has 21 heavy (non-hydrogen) atoms. The quantitative estimate of drug-likeness (QED) is 0.799. The molecule has 0 aliphatic carbocycles. The van der Waals surface area contributed by atoms with Crippen molar-refractivity contribution in [1.82, 2.24) is 9.62 Å². The Morgan fingerprint density at radius 1 is 1.24 bits per heavy atom. The highest BCUT2D eigenvalue weighted by atomic mass is 32.2. The van der Waals surface area contributed by atoms with Gasteiger partial charge in [-0.3, -0.25) is 0 Å². The minimum atomic E-state index is -3.56. The first kappa shape index (κ1) is 18.1. The second kappa shape index (κ2) is 7.35. The lowest BCUT2D eigenvalue weighted by atomic mass is 9.97. The van der Waals surface area contributed by atoms with Crippen molar-refractivity contribution >= 4 is 10.0 Å². The van der Waals surface area contributed by atoms with Gasteiger partial charge in [0.1, 0.15) is 0 Å². The van der Waals surface area contributed by atoms with Crippen LogP contribution in [0.5, 0.6) is 0 Å². The summed E-state index contributed by atoms with van der Waals surface area (Å²) in [7, 11) is -2.09. The fraction of sp³-hybridized carbons (Fsp3) is 0.600. The van der Waals surface area contributed by atoms with Gasteiger partial charge in [0.15, 0.2) is 0 Å². The maximum atomic E-state index is 12.5. The lowest BCUT2D eigenvalue weighted by Crippen LogP contribution is -2.31. The first-order valence-electron chi connectivity index (χ1n) is 7.04. The molecule has 0 amide bonds. The summed E-state index contributed by atoms with van der Waals surface area (Å²) in [6, 6.07) is 6.97. The number of sulfonamides is 1. The molecule has 6 heteroatoms. The highest BCUT2D eigenvalue weighted by molar-refractivity contribution is 7.89. The molecule has 1 aromatic carbocycles. The van der Waals surface area contributed by atoms with E-state index in [1.165, 1.54) is 11.4 Å². The molecule has 0 aromatic heterocycles. The van der Waals surface area contributed by atoms with Gasteiger partial charge in [-0.2, -0.15) is 4.31 Å². The fourth-order valence-corrected chi connectivity index (χ4v) is 3.28. The molecule has 1 rings (SSSR count). The van der Waals surface area contributed by atoms with Gasteiger partial charge in [-0.25, -0.2) is 8.42 Å². The number of likely N-dealkylation sites (N-methyl/N-ethyl adjacent to an activating group) is 1. The zero-order valence-electron chi connectivity index (χ0n) is 13.3. The van der Waals surface area contributed by atoms with Gasteiger partial charge in [0, 0.05) is 26.7 Å². The van der Waals surface area contributed by atoms with Crippen LogP contribution in [0, 0.1) is 5.41 Å². The molecule has 0 heterocycles. The van der Waals surface area contributed by atoms with Crippen LogP contribution in [0.2, 0.25) is 0 Å². The zero-order chi connectivity index (χ0) is 16.1. The summed E-state index contributed by atoms with van der Waals surface area (Å²) in [5.74, 6) is 0. The summed E-state index contributed by atoms with van der Waals surface area (Å²) < 4.78 is 26.2. The second-order valence-corrected chi connectivity index (χ2v) is 8.34. The van der Waals surface area contributed by atoms with Crippen molar-refractivity contribution in [3.05, 3.63) is 29.8 Å². The number of aliphatic hydroxyl groups excluding tert-OH is 1. The van der Waals surface area contributed by atoms with E-state index >= 15 is 0 Å². The smallest absolute Gasteiger partial charge is 0.243 e. The van der Waals surface area contributed by atoms with E-state index < -0.39 is 10.0 Å². The van der Waals surface area contributed by atoms with E-state index in [0.29, 0.717) is 11.4 Å². The third-order valence-electron chi connectivity index (χ3n) is 3.05. The van der Waals surface area contributed by atoms with E-state index in [4.69, 9.17) is 5.11 Å². The fourth-order valence-electron chi connectivity index (χ4n) is 1.90. The van der Waals surface area contributed by atoms with Crippen LogP contribution in [0.3, 0.4) is 0 Å². The topological polar surface area (TPSA) is 69.6 Å². The van der Waals surface area contributed by atoms with Gasteiger partial charge in [-0.15, -0.1) is 0 Å². The Bertz CT molecular complexity index is 550. The van der Waals surface area contributed by atoms with E-state index in [2.05, 4.69) is 26.1 Å². The Morgan fingerprint density at radius 2 is 1.86 bits per heavy atom. The van der Waals surface area contributed by atoms with E-state index in [1.54, 1.807) is 12.1 Å². The molecule has 0 atom stereocenters. The van der Waals surface area contributed by atoms with E-state index in [0.717, 1.165) is 12.1 Å². The van der Waals surface area contributed by atoms with Crippen molar-refractivity contribution in [2.45, 2.75) is 32.2 Å². The van der Waals surface area contributed by atoms with Gasteiger partial charge >= 0.3 is 0 Å². The van der Waals surface area contributed by atoms with Crippen LogP contribution < -0.4 is 5.32 Å². The third kappa shape index (κ3) is 5.39. The molecule has 1 aromatic rings. The number of aliphatic hydroxyl groups is 1. The van der Waals surface area contributed by atoms with Crippen LogP contribution in [0.4, 0.5) is 0 Å². The van der Waals surface area contributed by atoms with E-state index in [9.17, 15) is 8.42 Å². The second-order valence-electron chi connectivity index (χ2n) is 6.32. The molecule has 2 N–H and O–H groups in total. The van der Waals surface area contributed by atoms with Crippen molar-refractivity contribution in [2.24, 2.45) is 5.41 Å². The molecule has 0 radical (unpaired) electrons. The van der Waals surface area contributed by atoms with Gasteiger partial charge in [0.25, 0.3) is 0 Å². The van der Waals surface area contributed by atoms with E-state index in [-0.39, 0.29) is 18.6 Å². The zero-order valence-corrected chi connectivity index (χ0v) is 14.1. The molecule has 0 aliphatic heterocycles. The van der Waals surface area contributed by atoms with Gasteiger partial charge in [-0.1, -0.05) is 39.0 Å². The number of hydrogen-bond acceptors (Lipinski definition) is 4. The standard InChI is InChI=1S/C15H26N2O3S/c1-15(2,3)12-16-11-13-7-5-6-8-14(13)21(19,20)17(4)9-10-18/h5-8,16,18H,9-12H2,1-4H3. The third-order valence-corrected chi connectivity index (χ3v) is 5.00. The van der Waals surface area contributed by atoms with Gasteiger partial charge in [0.05, 0.1) is 11.5 Å². The summed E-state index contributed by atoms with van der Waals surface area (Å²) in [4.78, 5) is 0.294. The molecule has 120 valence electrons. The van der Waals surface area contributed by atoms with Crippen LogP contribution in [0.25, 0.3) is 0 Å². The molecule has 0 spiro atoms. The molecule has 5 nitrogen and oxygen atoms in total. The Kier molecular flexibility index (Phi) is 6.34. The van der Waals surface area contributed by atoms with Gasteiger partial charge in [-0.05, 0) is 17.0 Å². The van der Waals surface area contributed by atoms with Crippen molar-refractivity contribution < 1.29 is 13.5 Å². The van der Waals surface area contributed by atoms with Gasteiger partial charge < -0.3 is 10.4 Å². The lowest BCUT2D eigenvalue weighted by molar-refractivity contribution is 0.266. The molecule has 0 aliphatic rings. The first-order valence-corrected chi connectivity index (χ1v) is 8.48. The Balaban J connectivity index is 2.94. The molecular weight excluding hydrogens is 288 g/mol. The SMILES string of the molecule is CN(CCO)S(=O)(=O)c1ccccc1CNCC(C)(C)C. The monoisotopic (exact) mass is 314 g/mol. The van der Waals surface area contributed by atoms with Crippen LogP contribution in [0.15, 0.2) is 29.2 Å². The van der Waals surface area contributed by atoms with Crippen molar-refractivity contribution in [1.29, 1.82) is 0 Å². The molecule has 0 bridgehead atoms. The summed E-state index contributed by atoms with van der Waals surface area (Å²) in [6.07, 6.45) is 0. The van der Waals surface area contributed by atoms with E-state index in [1.807, 2.05) is 12.1 Å². The van der Waals surface area contributed by atoms with Crippen molar-refractivity contribution in [2.75, 3.05) is 26.7 Å². The molecular formula is C15H26N2O3S. The predicted molar refractivity (Wildman–Crippen MR) is 84.5 cm³/mol. The van der Waals surface area contributed by atoms with Crippen molar-refractivity contribution in [3.8, 4) is 0 Å².